The van der Waals surface area contributed by atoms with Gasteiger partial charge in [-0.05, 0) is 18.2 Å². The topological polar surface area (TPSA) is 83.8 Å². The summed E-state index contributed by atoms with van der Waals surface area (Å²) in [6.07, 6.45) is 3.26. The van der Waals surface area contributed by atoms with Crippen molar-refractivity contribution in [2.24, 2.45) is 0 Å². The molecule has 2 heterocycles. The number of aromatic carboxylic acids is 1. The van der Waals surface area contributed by atoms with Crippen LogP contribution in [0.4, 0.5) is 0 Å². The molecule has 0 saturated carbocycles. The van der Waals surface area contributed by atoms with Crippen LogP contribution < -0.4 is 0 Å². The smallest absolute Gasteiger partial charge is 0.353 e. The molecule has 0 unspecified atom stereocenters. The standard InChI is InChI=1S/C13H9ClN4O2/c14-9-6-15-18(7-9)10-3-1-8(2-4-10)11-5-12(13(19)20)17-16-11/h1-7H,(H,16,17)(H,19,20). The van der Waals surface area contributed by atoms with E-state index in [1.807, 2.05) is 24.3 Å². The minimum Gasteiger partial charge on any atom is -0.477 e. The first-order valence-corrected chi connectivity index (χ1v) is 6.11. The zero-order chi connectivity index (χ0) is 14.1. The second-order valence-corrected chi connectivity index (χ2v) is 4.56. The molecule has 6 nitrogen and oxygen atoms in total. The van der Waals surface area contributed by atoms with Crippen molar-refractivity contribution in [1.82, 2.24) is 20.0 Å². The van der Waals surface area contributed by atoms with Crippen LogP contribution >= 0.6 is 11.6 Å². The minimum absolute atomic E-state index is 0.0583. The summed E-state index contributed by atoms with van der Waals surface area (Å²) < 4.78 is 1.65. The molecule has 0 radical (unpaired) electrons. The molecular formula is C13H9ClN4O2. The molecule has 7 heteroatoms. The summed E-state index contributed by atoms with van der Waals surface area (Å²) in [4.78, 5) is 10.8. The SMILES string of the molecule is O=C(O)c1cc(-c2ccc(-n3cc(Cl)cn3)cc2)n[nH]1. The number of aromatic amines is 1. The van der Waals surface area contributed by atoms with E-state index in [2.05, 4.69) is 15.3 Å². The highest BCUT2D eigenvalue weighted by atomic mass is 35.5. The molecular weight excluding hydrogens is 280 g/mol. The van der Waals surface area contributed by atoms with Crippen molar-refractivity contribution in [3.63, 3.8) is 0 Å². The van der Waals surface area contributed by atoms with Crippen molar-refractivity contribution < 1.29 is 9.90 Å². The lowest BCUT2D eigenvalue weighted by molar-refractivity contribution is 0.0690. The van der Waals surface area contributed by atoms with Crippen LogP contribution in [-0.4, -0.2) is 31.1 Å². The molecule has 0 saturated heterocycles. The van der Waals surface area contributed by atoms with E-state index in [9.17, 15) is 4.79 Å². The van der Waals surface area contributed by atoms with Crippen molar-refractivity contribution in [2.45, 2.75) is 0 Å². The van der Waals surface area contributed by atoms with Crippen LogP contribution in [0.5, 0.6) is 0 Å². The number of carboxylic acids is 1. The number of nitrogens with one attached hydrogen (secondary N) is 1. The van der Waals surface area contributed by atoms with Gasteiger partial charge in [-0.25, -0.2) is 9.48 Å². The van der Waals surface area contributed by atoms with Gasteiger partial charge in [0.25, 0.3) is 0 Å². The Kier molecular flexibility index (Phi) is 3.00. The van der Waals surface area contributed by atoms with Gasteiger partial charge in [0.2, 0.25) is 0 Å². The van der Waals surface area contributed by atoms with Gasteiger partial charge in [0.15, 0.2) is 0 Å². The Bertz CT molecular complexity index is 761. The van der Waals surface area contributed by atoms with Crippen molar-refractivity contribution >= 4 is 17.6 Å². The number of H-pyrrole nitrogens is 1. The number of carbonyl (C=O) groups is 1. The van der Waals surface area contributed by atoms with Crippen LogP contribution in [0.15, 0.2) is 42.7 Å². The number of aromatic nitrogens is 4. The maximum absolute atomic E-state index is 10.8. The van der Waals surface area contributed by atoms with Gasteiger partial charge in [-0.3, -0.25) is 5.10 Å². The molecule has 0 aliphatic rings. The van der Waals surface area contributed by atoms with E-state index in [-0.39, 0.29) is 5.69 Å². The monoisotopic (exact) mass is 288 g/mol. The molecule has 0 fully saturated rings. The lowest BCUT2D eigenvalue weighted by atomic mass is 10.1. The predicted octanol–water partition coefficient (Wildman–Crippen LogP) is 2.61. The third kappa shape index (κ3) is 2.28. The number of halogens is 1. The van der Waals surface area contributed by atoms with E-state index >= 15 is 0 Å². The van der Waals surface area contributed by atoms with Crippen LogP contribution in [0, 0.1) is 0 Å². The van der Waals surface area contributed by atoms with Crippen molar-refractivity contribution in [3.8, 4) is 16.9 Å². The summed E-state index contributed by atoms with van der Waals surface area (Å²) in [7, 11) is 0. The largest absolute Gasteiger partial charge is 0.477 e. The van der Waals surface area contributed by atoms with Gasteiger partial charge in [0.1, 0.15) is 5.69 Å². The highest BCUT2D eigenvalue weighted by Gasteiger charge is 2.09. The molecule has 0 aliphatic carbocycles. The maximum Gasteiger partial charge on any atom is 0.353 e. The highest BCUT2D eigenvalue weighted by Crippen LogP contribution is 2.20. The first-order chi connectivity index (χ1) is 9.63. The van der Waals surface area contributed by atoms with Gasteiger partial charge in [-0.15, -0.1) is 0 Å². The van der Waals surface area contributed by atoms with Crippen molar-refractivity contribution in [3.05, 3.63) is 53.4 Å². The van der Waals surface area contributed by atoms with Gasteiger partial charge in [-0.2, -0.15) is 10.2 Å². The van der Waals surface area contributed by atoms with E-state index in [0.29, 0.717) is 10.7 Å². The van der Waals surface area contributed by atoms with E-state index in [4.69, 9.17) is 16.7 Å². The fraction of sp³-hybridized carbons (Fsp3) is 0. The third-order valence-electron chi connectivity index (χ3n) is 2.79. The number of hydrogen-bond acceptors (Lipinski definition) is 3. The second-order valence-electron chi connectivity index (χ2n) is 4.12. The molecule has 0 amide bonds. The Morgan fingerprint density at radius 2 is 2.05 bits per heavy atom. The first kappa shape index (κ1) is 12.4. The number of hydrogen-bond donors (Lipinski definition) is 2. The zero-order valence-electron chi connectivity index (χ0n) is 10.1. The Labute approximate surface area is 118 Å². The molecule has 100 valence electrons. The van der Waals surface area contributed by atoms with Gasteiger partial charge in [0.05, 0.1) is 22.6 Å². The molecule has 2 aromatic heterocycles. The summed E-state index contributed by atoms with van der Waals surface area (Å²) >= 11 is 5.82. The number of benzene rings is 1. The summed E-state index contributed by atoms with van der Waals surface area (Å²) in [5, 5.41) is 19.9. The third-order valence-corrected chi connectivity index (χ3v) is 2.98. The molecule has 1 aromatic carbocycles. The minimum atomic E-state index is -1.04. The lowest BCUT2D eigenvalue weighted by Gasteiger charge is -2.02. The number of carboxylic acid groups (broad SMARTS) is 1. The van der Waals surface area contributed by atoms with Gasteiger partial charge < -0.3 is 5.11 Å². The van der Waals surface area contributed by atoms with Crippen molar-refractivity contribution in [2.75, 3.05) is 0 Å². The summed E-state index contributed by atoms with van der Waals surface area (Å²) in [6.45, 7) is 0. The van der Waals surface area contributed by atoms with Gasteiger partial charge >= 0.3 is 5.97 Å². The Morgan fingerprint density at radius 1 is 1.30 bits per heavy atom. The highest BCUT2D eigenvalue weighted by molar-refractivity contribution is 6.30. The van der Waals surface area contributed by atoms with Gasteiger partial charge in [0, 0.05) is 11.8 Å². The van der Waals surface area contributed by atoms with E-state index in [1.54, 1.807) is 17.1 Å². The molecule has 3 rings (SSSR count). The van der Waals surface area contributed by atoms with E-state index in [0.717, 1.165) is 11.3 Å². The van der Waals surface area contributed by atoms with Crippen molar-refractivity contribution in [1.29, 1.82) is 0 Å². The lowest BCUT2D eigenvalue weighted by Crippen LogP contribution is -1.95. The van der Waals surface area contributed by atoms with Crippen LogP contribution in [0.2, 0.25) is 5.02 Å². The average Bonchev–Trinajstić information content (AvgIpc) is 3.08. The van der Waals surface area contributed by atoms with Crippen LogP contribution in [0.25, 0.3) is 16.9 Å². The quantitative estimate of drug-likeness (QED) is 0.776. The Morgan fingerprint density at radius 3 is 2.60 bits per heavy atom. The molecule has 3 aromatic rings. The fourth-order valence-electron chi connectivity index (χ4n) is 1.81. The number of rotatable bonds is 3. The van der Waals surface area contributed by atoms with Crippen LogP contribution in [0.1, 0.15) is 10.5 Å². The zero-order valence-corrected chi connectivity index (χ0v) is 10.9. The van der Waals surface area contributed by atoms with E-state index in [1.165, 1.54) is 6.07 Å². The van der Waals surface area contributed by atoms with Gasteiger partial charge in [-0.1, -0.05) is 23.7 Å². The first-order valence-electron chi connectivity index (χ1n) is 5.73. The summed E-state index contributed by atoms with van der Waals surface area (Å²) in [5.74, 6) is -1.04. The fourth-order valence-corrected chi connectivity index (χ4v) is 1.94. The number of nitrogens with zero attached hydrogens (tertiary/aromatic N) is 3. The average molecular weight is 289 g/mol. The predicted molar refractivity (Wildman–Crippen MR) is 73.1 cm³/mol. The van der Waals surface area contributed by atoms with Crippen LogP contribution in [0.3, 0.4) is 0 Å². The normalized spacial score (nSPS) is 10.7. The van der Waals surface area contributed by atoms with Crippen LogP contribution in [-0.2, 0) is 0 Å². The molecule has 0 spiro atoms. The second kappa shape index (κ2) is 4.82. The summed E-state index contributed by atoms with van der Waals surface area (Å²) in [6, 6.07) is 8.88. The molecule has 0 atom stereocenters. The maximum atomic E-state index is 10.8. The Balaban J connectivity index is 1.90. The molecule has 2 N–H and O–H groups in total. The van der Waals surface area contributed by atoms with E-state index < -0.39 is 5.97 Å². The molecule has 20 heavy (non-hydrogen) atoms. The molecule has 0 bridgehead atoms. The Hall–Kier alpha value is -2.60. The summed E-state index contributed by atoms with van der Waals surface area (Å²) in [5.41, 5.74) is 2.31. The molecule has 0 aliphatic heterocycles.